The summed E-state index contributed by atoms with van der Waals surface area (Å²) in [6, 6.07) is 0. The summed E-state index contributed by atoms with van der Waals surface area (Å²) >= 11 is 0. The molecule has 0 aromatic heterocycles. The average molecular weight is 203 g/mol. The van der Waals surface area contributed by atoms with Crippen molar-refractivity contribution in [2.24, 2.45) is 5.73 Å². The fraction of sp³-hybridized carbons (Fsp3) is 1.00. The summed E-state index contributed by atoms with van der Waals surface area (Å²) < 4.78 is 5.21. The van der Waals surface area contributed by atoms with E-state index in [1.165, 1.54) is 0 Å². The summed E-state index contributed by atoms with van der Waals surface area (Å²) in [5.41, 5.74) is 5.54. The number of likely N-dealkylation sites (N-methyl/N-ethyl adjacent to an activating group) is 2. The molecule has 0 aromatic rings. The van der Waals surface area contributed by atoms with Gasteiger partial charge in [0.2, 0.25) is 0 Å². The first kappa shape index (κ1) is 13.8. The second-order valence-corrected chi connectivity index (χ2v) is 3.99. The summed E-state index contributed by atoms with van der Waals surface area (Å²) in [5.74, 6) is 0. The monoisotopic (exact) mass is 203 g/mol. The number of nitrogens with two attached hydrogens (primary N) is 1. The van der Waals surface area contributed by atoms with Crippen molar-refractivity contribution in [3.63, 3.8) is 0 Å². The summed E-state index contributed by atoms with van der Waals surface area (Å²) in [5, 5.41) is 0. The number of methoxy groups -OCH3 is 1. The summed E-state index contributed by atoms with van der Waals surface area (Å²) in [4.78, 5) is 4.49. The van der Waals surface area contributed by atoms with E-state index < -0.39 is 0 Å². The van der Waals surface area contributed by atoms with Crippen molar-refractivity contribution >= 4 is 0 Å². The van der Waals surface area contributed by atoms with Crippen molar-refractivity contribution in [2.45, 2.75) is 12.5 Å². The van der Waals surface area contributed by atoms with Crippen LogP contribution >= 0.6 is 0 Å². The van der Waals surface area contributed by atoms with Gasteiger partial charge in [-0.3, -0.25) is 0 Å². The minimum absolute atomic E-state index is 0.205. The maximum absolute atomic E-state index is 5.54. The molecule has 0 radical (unpaired) electrons. The van der Waals surface area contributed by atoms with Crippen LogP contribution < -0.4 is 5.73 Å². The molecule has 4 nitrogen and oxygen atoms in total. The Labute approximate surface area is 88.0 Å². The first-order valence-electron chi connectivity index (χ1n) is 5.16. The molecule has 0 aliphatic heterocycles. The largest absolute Gasteiger partial charge is 0.380 e. The second kappa shape index (κ2) is 8.17. The van der Waals surface area contributed by atoms with Crippen molar-refractivity contribution in [3.05, 3.63) is 0 Å². The molecular weight excluding hydrogens is 178 g/mol. The maximum Gasteiger partial charge on any atom is 0.0705 e. The van der Waals surface area contributed by atoms with E-state index in [1.807, 2.05) is 0 Å². The third-order valence-corrected chi connectivity index (χ3v) is 2.36. The van der Waals surface area contributed by atoms with Gasteiger partial charge >= 0.3 is 0 Å². The van der Waals surface area contributed by atoms with E-state index >= 15 is 0 Å². The Balaban J connectivity index is 3.46. The average Bonchev–Trinajstić information content (AvgIpc) is 2.16. The predicted octanol–water partition coefficient (Wildman–Crippen LogP) is -0.156. The standard InChI is InChI=1S/C10H25N3O/c1-12(2)7-8-13(3)6-5-10(9-11)14-4/h10H,5-9,11H2,1-4H3. The summed E-state index contributed by atoms with van der Waals surface area (Å²) in [6.45, 7) is 3.84. The van der Waals surface area contributed by atoms with Gasteiger partial charge in [0.1, 0.15) is 0 Å². The lowest BCUT2D eigenvalue weighted by Gasteiger charge is -2.21. The van der Waals surface area contributed by atoms with Crippen LogP contribution in [-0.2, 0) is 4.74 Å². The predicted molar refractivity (Wildman–Crippen MR) is 60.5 cm³/mol. The zero-order chi connectivity index (χ0) is 11.0. The highest BCUT2D eigenvalue weighted by molar-refractivity contribution is 4.62. The van der Waals surface area contributed by atoms with E-state index in [0.29, 0.717) is 6.54 Å². The van der Waals surface area contributed by atoms with Gasteiger partial charge in [0.05, 0.1) is 6.10 Å². The molecule has 1 atom stereocenters. The molecule has 0 saturated heterocycles. The number of hydrogen-bond donors (Lipinski definition) is 1. The number of nitrogens with zero attached hydrogens (tertiary/aromatic N) is 2. The van der Waals surface area contributed by atoms with Crippen LogP contribution in [0.15, 0.2) is 0 Å². The van der Waals surface area contributed by atoms with Crippen LogP contribution in [0.5, 0.6) is 0 Å². The Morgan fingerprint density at radius 1 is 1.14 bits per heavy atom. The molecule has 0 aliphatic carbocycles. The normalized spacial score (nSPS) is 13.9. The number of rotatable bonds is 8. The lowest BCUT2D eigenvalue weighted by Crippen LogP contribution is -2.32. The molecular formula is C10H25N3O. The highest BCUT2D eigenvalue weighted by Crippen LogP contribution is 1.96. The quantitative estimate of drug-likeness (QED) is 0.595. The van der Waals surface area contributed by atoms with Crippen LogP contribution in [0.3, 0.4) is 0 Å². The van der Waals surface area contributed by atoms with Crippen molar-refractivity contribution < 1.29 is 4.74 Å². The number of ether oxygens (including phenoxy) is 1. The van der Waals surface area contributed by atoms with E-state index in [9.17, 15) is 0 Å². The Hall–Kier alpha value is -0.160. The molecule has 4 heteroatoms. The van der Waals surface area contributed by atoms with Crippen molar-refractivity contribution in [2.75, 3.05) is 54.4 Å². The molecule has 0 saturated carbocycles. The molecule has 0 amide bonds. The van der Waals surface area contributed by atoms with Crippen LogP contribution in [0, 0.1) is 0 Å². The smallest absolute Gasteiger partial charge is 0.0705 e. The van der Waals surface area contributed by atoms with Gasteiger partial charge in [-0.25, -0.2) is 0 Å². The molecule has 1 unspecified atom stereocenters. The third kappa shape index (κ3) is 7.26. The zero-order valence-corrected chi connectivity index (χ0v) is 9.99. The molecule has 0 aromatic carbocycles. The third-order valence-electron chi connectivity index (χ3n) is 2.36. The molecule has 0 spiro atoms. The van der Waals surface area contributed by atoms with Crippen molar-refractivity contribution in [1.82, 2.24) is 9.80 Å². The minimum atomic E-state index is 0.205. The van der Waals surface area contributed by atoms with Crippen LogP contribution in [0.4, 0.5) is 0 Å². The highest BCUT2D eigenvalue weighted by Gasteiger charge is 2.06. The molecule has 14 heavy (non-hydrogen) atoms. The first-order valence-corrected chi connectivity index (χ1v) is 5.16. The van der Waals surface area contributed by atoms with Crippen LogP contribution in [0.2, 0.25) is 0 Å². The fourth-order valence-corrected chi connectivity index (χ4v) is 1.18. The van der Waals surface area contributed by atoms with E-state index in [1.54, 1.807) is 7.11 Å². The Bertz CT molecular complexity index is 127. The van der Waals surface area contributed by atoms with Gasteiger partial charge in [0.25, 0.3) is 0 Å². The molecule has 0 bridgehead atoms. The molecule has 86 valence electrons. The first-order chi connectivity index (χ1) is 6.60. The van der Waals surface area contributed by atoms with Crippen molar-refractivity contribution in [3.8, 4) is 0 Å². The maximum atomic E-state index is 5.54. The van der Waals surface area contributed by atoms with Gasteiger partial charge in [-0.15, -0.1) is 0 Å². The topological polar surface area (TPSA) is 41.7 Å². The summed E-state index contributed by atoms with van der Waals surface area (Å²) in [7, 11) is 8.03. The summed E-state index contributed by atoms with van der Waals surface area (Å²) in [6.07, 6.45) is 1.22. The van der Waals surface area contributed by atoms with Crippen LogP contribution in [-0.4, -0.2) is 70.3 Å². The molecule has 0 aliphatic rings. The Morgan fingerprint density at radius 3 is 2.21 bits per heavy atom. The van der Waals surface area contributed by atoms with Gasteiger partial charge < -0.3 is 20.3 Å². The van der Waals surface area contributed by atoms with Gasteiger partial charge in [0.15, 0.2) is 0 Å². The lowest BCUT2D eigenvalue weighted by molar-refractivity contribution is 0.0919. The van der Waals surface area contributed by atoms with E-state index in [0.717, 1.165) is 26.1 Å². The molecule has 0 heterocycles. The van der Waals surface area contributed by atoms with Gasteiger partial charge in [-0.05, 0) is 27.6 Å². The van der Waals surface area contributed by atoms with Crippen LogP contribution in [0.25, 0.3) is 0 Å². The lowest BCUT2D eigenvalue weighted by atomic mass is 10.2. The van der Waals surface area contributed by atoms with E-state index in [-0.39, 0.29) is 6.10 Å². The number of hydrogen-bond acceptors (Lipinski definition) is 4. The molecule has 0 fully saturated rings. The second-order valence-electron chi connectivity index (χ2n) is 3.99. The van der Waals surface area contributed by atoms with Crippen LogP contribution in [0.1, 0.15) is 6.42 Å². The van der Waals surface area contributed by atoms with E-state index in [2.05, 4.69) is 30.9 Å². The van der Waals surface area contributed by atoms with Crippen molar-refractivity contribution in [1.29, 1.82) is 0 Å². The minimum Gasteiger partial charge on any atom is -0.380 e. The SMILES string of the molecule is COC(CN)CCN(C)CCN(C)C. The Kier molecular flexibility index (Phi) is 8.08. The van der Waals surface area contributed by atoms with Gasteiger partial charge in [0, 0.05) is 33.3 Å². The van der Waals surface area contributed by atoms with Gasteiger partial charge in [-0.1, -0.05) is 0 Å². The van der Waals surface area contributed by atoms with E-state index in [4.69, 9.17) is 10.5 Å². The molecule has 0 rings (SSSR count). The zero-order valence-electron chi connectivity index (χ0n) is 9.99. The fourth-order valence-electron chi connectivity index (χ4n) is 1.18. The molecule has 2 N–H and O–H groups in total. The highest BCUT2D eigenvalue weighted by atomic mass is 16.5. The van der Waals surface area contributed by atoms with Gasteiger partial charge in [-0.2, -0.15) is 0 Å². The Morgan fingerprint density at radius 2 is 1.79 bits per heavy atom.